The Labute approximate surface area is 152 Å². The molecule has 3 aromatic rings. The van der Waals surface area contributed by atoms with Crippen molar-refractivity contribution in [2.75, 3.05) is 18.6 Å². The van der Waals surface area contributed by atoms with Crippen LogP contribution in [0.15, 0.2) is 42.7 Å². The Kier molecular flexibility index (Phi) is 4.88. The Morgan fingerprint density at radius 3 is 2.42 bits per heavy atom. The lowest BCUT2D eigenvalue weighted by Crippen LogP contribution is -2.03. The number of nitrogens with two attached hydrogens (primary N) is 2. The van der Waals surface area contributed by atoms with Gasteiger partial charge in [-0.25, -0.2) is 4.98 Å². The van der Waals surface area contributed by atoms with Crippen LogP contribution < -0.4 is 20.9 Å². The van der Waals surface area contributed by atoms with Crippen LogP contribution in [0.2, 0.25) is 0 Å². The summed E-state index contributed by atoms with van der Waals surface area (Å²) in [5.74, 6) is 2.19. The van der Waals surface area contributed by atoms with Crippen LogP contribution in [-0.2, 0) is 0 Å². The second-order valence-electron chi connectivity index (χ2n) is 6.04. The molecule has 1 aromatic carbocycles. The highest BCUT2D eigenvalue weighted by Gasteiger charge is 2.18. The summed E-state index contributed by atoms with van der Waals surface area (Å²) in [5, 5.41) is 0. The van der Waals surface area contributed by atoms with Gasteiger partial charge in [-0.15, -0.1) is 0 Å². The van der Waals surface area contributed by atoms with Crippen molar-refractivity contribution in [3.05, 3.63) is 48.3 Å². The average molecular weight is 351 g/mol. The SMILES string of the molecule is COc1cc(C(C)C)c(Oc2cnc(N)nc2N)cc1-c1ccccn1. The van der Waals surface area contributed by atoms with E-state index in [2.05, 4.69) is 28.8 Å². The number of ether oxygens (including phenoxy) is 2. The fraction of sp³-hybridized carbons (Fsp3) is 0.211. The first kappa shape index (κ1) is 17.5. The van der Waals surface area contributed by atoms with E-state index in [-0.39, 0.29) is 17.7 Å². The van der Waals surface area contributed by atoms with Crippen molar-refractivity contribution in [2.45, 2.75) is 19.8 Å². The van der Waals surface area contributed by atoms with Crippen LogP contribution in [0.25, 0.3) is 11.3 Å². The molecule has 7 nitrogen and oxygen atoms in total. The summed E-state index contributed by atoms with van der Waals surface area (Å²) >= 11 is 0. The van der Waals surface area contributed by atoms with E-state index < -0.39 is 0 Å². The van der Waals surface area contributed by atoms with Crippen LogP contribution in [0, 0.1) is 0 Å². The first-order valence-corrected chi connectivity index (χ1v) is 8.18. The van der Waals surface area contributed by atoms with Gasteiger partial charge >= 0.3 is 0 Å². The summed E-state index contributed by atoms with van der Waals surface area (Å²) in [6, 6.07) is 9.55. The van der Waals surface area contributed by atoms with E-state index >= 15 is 0 Å². The number of rotatable bonds is 5. The summed E-state index contributed by atoms with van der Waals surface area (Å²) < 4.78 is 11.6. The fourth-order valence-corrected chi connectivity index (χ4v) is 2.60. The van der Waals surface area contributed by atoms with E-state index in [1.165, 1.54) is 6.20 Å². The van der Waals surface area contributed by atoms with Gasteiger partial charge in [0, 0.05) is 17.3 Å². The molecule has 2 aromatic heterocycles. The molecule has 134 valence electrons. The Bertz CT molecular complexity index is 913. The molecule has 0 spiro atoms. The van der Waals surface area contributed by atoms with Crippen LogP contribution in [0.4, 0.5) is 11.8 Å². The molecular formula is C19H21N5O2. The third-order valence-electron chi connectivity index (χ3n) is 3.92. The molecule has 0 aliphatic rings. The number of hydrogen-bond donors (Lipinski definition) is 2. The number of pyridine rings is 1. The smallest absolute Gasteiger partial charge is 0.222 e. The Balaban J connectivity index is 2.13. The van der Waals surface area contributed by atoms with Crippen molar-refractivity contribution in [1.82, 2.24) is 15.0 Å². The second-order valence-corrected chi connectivity index (χ2v) is 6.04. The lowest BCUT2D eigenvalue weighted by atomic mass is 9.98. The molecule has 0 unspecified atom stereocenters. The van der Waals surface area contributed by atoms with Gasteiger partial charge in [0.05, 0.1) is 19.0 Å². The maximum Gasteiger partial charge on any atom is 0.222 e. The van der Waals surface area contributed by atoms with Gasteiger partial charge in [-0.05, 0) is 30.2 Å². The third kappa shape index (κ3) is 3.51. The fourth-order valence-electron chi connectivity index (χ4n) is 2.60. The van der Waals surface area contributed by atoms with Crippen molar-refractivity contribution < 1.29 is 9.47 Å². The van der Waals surface area contributed by atoms with Crippen molar-refractivity contribution in [3.8, 4) is 28.5 Å². The predicted octanol–water partition coefficient (Wildman–Crippen LogP) is 3.63. The van der Waals surface area contributed by atoms with Gasteiger partial charge < -0.3 is 20.9 Å². The van der Waals surface area contributed by atoms with Crippen LogP contribution in [0.1, 0.15) is 25.3 Å². The summed E-state index contributed by atoms with van der Waals surface area (Å²) in [5.41, 5.74) is 14.0. The van der Waals surface area contributed by atoms with Gasteiger partial charge in [-0.2, -0.15) is 4.98 Å². The molecular weight excluding hydrogens is 330 g/mol. The van der Waals surface area contributed by atoms with Crippen molar-refractivity contribution >= 4 is 11.8 Å². The molecule has 0 atom stereocenters. The number of methoxy groups -OCH3 is 1. The number of anilines is 2. The summed E-state index contributed by atoms with van der Waals surface area (Å²) in [4.78, 5) is 12.3. The summed E-state index contributed by atoms with van der Waals surface area (Å²) in [7, 11) is 1.64. The zero-order valence-corrected chi connectivity index (χ0v) is 14.9. The van der Waals surface area contributed by atoms with Crippen molar-refractivity contribution in [1.29, 1.82) is 0 Å². The topological polar surface area (TPSA) is 109 Å². The highest BCUT2D eigenvalue weighted by atomic mass is 16.5. The number of benzene rings is 1. The van der Waals surface area contributed by atoms with E-state index in [4.69, 9.17) is 20.9 Å². The molecule has 0 fully saturated rings. The van der Waals surface area contributed by atoms with Gasteiger partial charge in [0.1, 0.15) is 11.5 Å². The minimum absolute atomic E-state index is 0.0999. The predicted molar refractivity (Wildman–Crippen MR) is 101 cm³/mol. The van der Waals surface area contributed by atoms with E-state index in [0.29, 0.717) is 11.5 Å². The minimum Gasteiger partial charge on any atom is -0.496 e. The standard InChI is InChI=1S/C19H21N5O2/c1-11(2)12-8-15(25-3)13(14-6-4-5-7-22-14)9-16(12)26-17-10-23-19(21)24-18(17)20/h4-11H,1-3H3,(H4,20,21,23,24). The molecule has 4 N–H and O–H groups in total. The first-order chi connectivity index (χ1) is 12.5. The molecule has 0 radical (unpaired) electrons. The molecule has 0 saturated carbocycles. The number of nitrogens with zero attached hydrogens (tertiary/aromatic N) is 3. The van der Waals surface area contributed by atoms with E-state index in [1.807, 2.05) is 30.3 Å². The molecule has 0 aliphatic carbocycles. The zero-order chi connectivity index (χ0) is 18.7. The third-order valence-corrected chi connectivity index (χ3v) is 3.92. The van der Waals surface area contributed by atoms with Gasteiger partial charge in [0.25, 0.3) is 0 Å². The normalized spacial score (nSPS) is 10.8. The van der Waals surface area contributed by atoms with Crippen LogP contribution in [0.3, 0.4) is 0 Å². The van der Waals surface area contributed by atoms with E-state index in [1.54, 1.807) is 13.3 Å². The van der Waals surface area contributed by atoms with Crippen LogP contribution in [0.5, 0.6) is 17.2 Å². The van der Waals surface area contributed by atoms with Gasteiger partial charge in [-0.3, -0.25) is 4.98 Å². The number of hydrogen-bond acceptors (Lipinski definition) is 7. The lowest BCUT2D eigenvalue weighted by molar-refractivity contribution is 0.412. The van der Waals surface area contributed by atoms with Crippen molar-refractivity contribution in [3.63, 3.8) is 0 Å². The Morgan fingerprint density at radius 2 is 1.81 bits per heavy atom. The monoisotopic (exact) mass is 351 g/mol. The molecule has 0 saturated heterocycles. The maximum absolute atomic E-state index is 6.03. The quantitative estimate of drug-likeness (QED) is 0.722. The zero-order valence-electron chi connectivity index (χ0n) is 14.9. The highest BCUT2D eigenvalue weighted by molar-refractivity contribution is 5.71. The Morgan fingerprint density at radius 1 is 1.00 bits per heavy atom. The largest absolute Gasteiger partial charge is 0.496 e. The number of aromatic nitrogens is 3. The maximum atomic E-state index is 6.03. The Hall–Kier alpha value is -3.35. The molecule has 0 aliphatic heterocycles. The highest BCUT2D eigenvalue weighted by Crippen LogP contribution is 2.40. The second kappa shape index (κ2) is 7.26. The minimum atomic E-state index is 0.0999. The summed E-state index contributed by atoms with van der Waals surface area (Å²) in [6.07, 6.45) is 3.20. The summed E-state index contributed by atoms with van der Waals surface area (Å²) in [6.45, 7) is 4.15. The molecule has 3 rings (SSSR count). The van der Waals surface area contributed by atoms with E-state index in [0.717, 1.165) is 22.6 Å². The van der Waals surface area contributed by atoms with Crippen LogP contribution in [-0.4, -0.2) is 22.1 Å². The molecule has 0 bridgehead atoms. The molecule has 26 heavy (non-hydrogen) atoms. The first-order valence-electron chi connectivity index (χ1n) is 8.18. The lowest BCUT2D eigenvalue weighted by Gasteiger charge is -2.18. The molecule has 2 heterocycles. The van der Waals surface area contributed by atoms with Gasteiger partial charge in [0.2, 0.25) is 5.95 Å². The molecule has 0 amide bonds. The molecule has 7 heteroatoms. The van der Waals surface area contributed by atoms with E-state index in [9.17, 15) is 0 Å². The average Bonchev–Trinajstić information content (AvgIpc) is 2.64. The van der Waals surface area contributed by atoms with Crippen molar-refractivity contribution in [2.24, 2.45) is 0 Å². The van der Waals surface area contributed by atoms with Crippen LogP contribution >= 0.6 is 0 Å². The van der Waals surface area contributed by atoms with Gasteiger partial charge in [0.15, 0.2) is 11.6 Å². The van der Waals surface area contributed by atoms with Gasteiger partial charge in [-0.1, -0.05) is 19.9 Å². The number of nitrogen functional groups attached to an aromatic ring is 2.